The number of ether oxygens (including phenoxy) is 3. The van der Waals surface area contributed by atoms with Crippen LogP contribution < -0.4 is 10.6 Å². The highest BCUT2D eigenvalue weighted by Crippen LogP contribution is 2.14. The van der Waals surface area contributed by atoms with Crippen molar-refractivity contribution in [2.24, 2.45) is 11.8 Å². The van der Waals surface area contributed by atoms with Crippen LogP contribution >= 0.6 is 0 Å². The van der Waals surface area contributed by atoms with Gasteiger partial charge in [-0.1, -0.05) is 26.0 Å². The van der Waals surface area contributed by atoms with Gasteiger partial charge >= 0.3 is 24.1 Å². The van der Waals surface area contributed by atoms with E-state index in [1.54, 1.807) is 61.5 Å². The van der Waals surface area contributed by atoms with Gasteiger partial charge in [-0.15, -0.1) is 0 Å². The molecule has 0 saturated carbocycles. The number of hydrogen-bond donors (Lipinski definition) is 3. The molecule has 246 valence electrons. The highest BCUT2D eigenvalue weighted by molar-refractivity contribution is 5.88. The second-order valence-corrected chi connectivity index (χ2v) is 12.0. The van der Waals surface area contributed by atoms with E-state index in [1.807, 2.05) is 13.8 Å². The van der Waals surface area contributed by atoms with Crippen LogP contribution in [0.15, 0.2) is 24.3 Å². The summed E-state index contributed by atoms with van der Waals surface area (Å²) in [7, 11) is 1.30. The van der Waals surface area contributed by atoms with Crippen LogP contribution in [0.25, 0.3) is 0 Å². The first-order valence-electron chi connectivity index (χ1n) is 14.4. The third-order valence-electron chi connectivity index (χ3n) is 5.62. The van der Waals surface area contributed by atoms with E-state index >= 15 is 0 Å². The van der Waals surface area contributed by atoms with Crippen LogP contribution in [-0.2, 0) is 33.4 Å². The van der Waals surface area contributed by atoms with Crippen LogP contribution in [0.1, 0.15) is 94.9 Å². The molecule has 0 aliphatic carbocycles. The predicted octanol–water partition coefficient (Wildman–Crippen LogP) is 5.14. The van der Waals surface area contributed by atoms with E-state index in [9.17, 15) is 28.8 Å². The highest BCUT2D eigenvalue weighted by atomic mass is 16.6. The van der Waals surface area contributed by atoms with Gasteiger partial charge in [-0.25, -0.2) is 19.2 Å². The maximum absolute atomic E-state index is 12.1. The maximum atomic E-state index is 12.1. The molecule has 3 N–H and O–H groups in total. The third kappa shape index (κ3) is 23.5. The first kappa shape index (κ1) is 41.4. The number of carboxylic acids is 1. The van der Waals surface area contributed by atoms with Crippen molar-refractivity contribution in [1.29, 1.82) is 0 Å². The molecule has 12 heteroatoms. The molecule has 0 spiro atoms. The van der Waals surface area contributed by atoms with Crippen molar-refractivity contribution in [3.8, 4) is 0 Å². The Hall–Kier alpha value is -3.70. The molecule has 0 aromatic heterocycles. The van der Waals surface area contributed by atoms with E-state index < -0.39 is 47.4 Å². The van der Waals surface area contributed by atoms with Crippen molar-refractivity contribution in [1.82, 2.24) is 10.6 Å². The number of Topliss-reactive ketones (excluding diaryl/α,β-unsaturated/α-hetero) is 2. The molecule has 43 heavy (non-hydrogen) atoms. The van der Waals surface area contributed by atoms with Crippen molar-refractivity contribution in [3.63, 3.8) is 0 Å². The van der Waals surface area contributed by atoms with Crippen LogP contribution in [-0.4, -0.2) is 71.2 Å². The van der Waals surface area contributed by atoms with Gasteiger partial charge in [0.25, 0.3) is 0 Å². The van der Waals surface area contributed by atoms with Crippen molar-refractivity contribution < 1.29 is 48.1 Å². The van der Waals surface area contributed by atoms with Gasteiger partial charge in [0, 0.05) is 25.0 Å². The second-order valence-electron chi connectivity index (χ2n) is 12.0. The van der Waals surface area contributed by atoms with Crippen LogP contribution in [0.3, 0.4) is 0 Å². The fraction of sp³-hybridized carbons (Fsp3) is 0.677. The minimum atomic E-state index is -1.04. The molecule has 0 aromatic rings. The zero-order valence-corrected chi connectivity index (χ0v) is 27.6. The number of amides is 2. The number of allylic oxidation sites excluding steroid dienone is 2. The Morgan fingerprint density at radius 2 is 1.05 bits per heavy atom. The summed E-state index contributed by atoms with van der Waals surface area (Å²) in [5.74, 6) is -2.01. The lowest BCUT2D eigenvalue weighted by atomic mass is 9.96. The zero-order chi connectivity index (χ0) is 34.0. The Kier molecular flexibility index (Phi) is 19.5. The Labute approximate surface area is 256 Å². The summed E-state index contributed by atoms with van der Waals surface area (Å²) in [6, 6.07) is -1.32. The average molecular weight is 613 g/mol. The van der Waals surface area contributed by atoms with Gasteiger partial charge in [0.2, 0.25) is 0 Å². The number of esters is 1. The van der Waals surface area contributed by atoms with E-state index in [4.69, 9.17) is 14.6 Å². The first-order chi connectivity index (χ1) is 19.6. The van der Waals surface area contributed by atoms with Crippen LogP contribution in [0.4, 0.5) is 9.59 Å². The molecule has 0 aliphatic heterocycles. The number of methoxy groups -OCH3 is 1. The molecular formula is C31H52N2O10. The molecular weight excluding hydrogens is 560 g/mol. The van der Waals surface area contributed by atoms with E-state index in [0.717, 1.165) is 6.08 Å². The van der Waals surface area contributed by atoms with E-state index in [0.29, 0.717) is 12.8 Å². The smallest absolute Gasteiger partial charge is 0.408 e. The minimum Gasteiger partial charge on any atom is -0.478 e. The lowest BCUT2D eigenvalue weighted by molar-refractivity contribution is -0.135. The molecule has 0 saturated heterocycles. The largest absolute Gasteiger partial charge is 0.478 e. The second kappa shape index (κ2) is 20.2. The molecule has 0 fully saturated rings. The van der Waals surface area contributed by atoms with Crippen LogP contribution in [0, 0.1) is 11.8 Å². The van der Waals surface area contributed by atoms with Crippen LogP contribution in [0.5, 0.6) is 0 Å². The number of hydrogen-bond acceptors (Lipinski definition) is 9. The molecule has 0 aliphatic rings. The standard InChI is InChI=1S/C16H27NO5.C15H25NO5/c1-7-12(8-9-14(19)21-6)10-13(18)11(2)17-15(20)22-16(3,4)5;1-6-11(7-8-13(18)19)9-12(17)10(2)16-14(20)21-15(3,4)5/h8-9,11-12H,7,10H2,1-6H3,(H,17,20);7-8,10-11H,6,9H2,1-5H3,(H,16,20)(H,18,19)/b9-8+;8-7+/t11-,12-;10-,11-/m00/s1. The molecule has 0 bridgehead atoms. The molecule has 12 nitrogen and oxygen atoms in total. The molecule has 0 rings (SSSR count). The Morgan fingerprint density at radius 3 is 1.33 bits per heavy atom. The topological polar surface area (TPSA) is 174 Å². The van der Waals surface area contributed by atoms with Crippen molar-refractivity contribution >= 4 is 35.7 Å². The maximum Gasteiger partial charge on any atom is 0.408 e. The molecule has 4 atom stereocenters. The van der Waals surface area contributed by atoms with Gasteiger partial charge in [-0.3, -0.25) is 9.59 Å². The minimum absolute atomic E-state index is 0.0745. The Bertz CT molecular complexity index is 990. The fourth-order valence-corrected chi connectivity index (χ4v) is 3.20. The number of aliphatic carboxylic acids is 1. The number of carbonyl (C=O) groups is 6. The summed E-state index contributed by atoms with van der Waals surface area (Å²) >= 11 is 0. The normalized spacial score (nSPS) is 14.4. The monoisotopic (exact) mass is 612 g/mol. The Balaban J connectivity index is 0. The summed E-state index contributed by atoms with van der Waals surface area (Å²) in [6.45, 7) is 17.5. The molecule has 2 amide bonds. The van der Waals surface area contributed by atoms with Gasteiger partial charge in [-0.05, 0) is 80.1 Å². The molecule has 0 aromatic carbocycles. The van der Waals surface area contributed by atoms with Crippen LogP contribution in [0.2, 0.25) is 0 Å². The quantitative estimate of drug-likeness (QED) is 0.135. The van der Waals surface area contributed by atoms with Gasteiger partial charge in [0.05, 0.1) is 19.2 Å². The zero-order valence-electron chi connectivity index (χ0n) is 27.6. The highest BCUT2D eigenvalue weighted by Gasteiger charge is 2.23. The van der Waals surface area contributed by atoms with Crippen molar-refractivity contribution in [2.45, 2.75) is 118 Å². The summed E-state index contributed by atoms with van der Waals surface area (Å²) in [6.07, 6.45) is 6.01. The van der Waals surface area contributed by atoms with E-state index in [2.05, 4.69) is 15.4 Å². The third-order valence-corrected chi connectivity index (χ3v) is 5.62. The van der Waals surface area contributed by atoms with Gasteiger partial charge in [0.1, 0.15) is 11.2 Å². The average Bonchev–Trinajstić information content (AvgIpc) is 2.86. The number of nitrogens with one attached hydrogen (secondary N) is 2. The summed E-state index contributed by atoms with van der Waals surface area (Å²) in [5.41, 5.74) is -1.23. The summed E-state index contributed by atoms with van der Waals surface area (Å²) in [5, 5.41) is 13.6. The summed E-state index contributed by atoms with van der Waals surface area (Å²) in [4.78, 5) is 68.8. The number of carboxylic acid groups (broad SMARTS) is 1. The summed E-state index contributed by atoms with van der Waals surface area (Å²) < 4.78 is 14.7. The van der Waals surface area contributed by atoms with E-state index in [1.165, 1.54) is 19.3 Å². The van der Waals surface area contributed by atoms with E-state index in [-0.39, 0.29) is 36.2 Å². The lowest BCUT2D eigenvalue weighted by Crippen LogP contribution is -2.42. The number of carbonyl (C=O) groups excluding carboxylic acids is 5. The van der Waals surface area contributed by atoms with Gasteiger partial charge in [0.15, 0.2) is 11.6 Å². The number of ketones is 2. The fourth-order valence-electron chi connectivity index (χ4n) is 3.20. The van der Waals surface area contributed by atoms with Gasteiger partial charge < -0.3 is 30.0 Å². The first-order valence-corrected chi connectivity index (χ1v) is 14.4. The van der Waals surface area contributed by atoms with Gasteiger partial charge in [-0.2, -0.15) is 0 Å². The molecule has 0 radical (unpaired) electrons. The van der Waals surface area contributed by atoms with Crippen molar-refractivity contribution in [2.75, 3.05) is 7.11 Å². The predicted molar refractivity (Wildman–Crippen MR) is 162 cm³/mol. The lowest BCUT2D eigenvalue weighted by Gasteiger charge is -2.22. The molecule has 0 heterocycles. The molecule has 0 unspecified atom stereocenters. The number of rotatable bonds is 14. The SMILES string of the molecule is CC[C@@H](/C=C/C(=O)O)CC(=O)[C@H](C)NC(=O)OC(C)(C)C.CC[C@@H](/C=C/C(=O)OC)CC(=O)[C@H](C)NC(=O)OC(C)(C)C. The Morgan fingerprint density at radius 1 is 0.698 bits per heavy atom. The van der Waals surface area contributed by atoms with Crippen molar-refractivity contribution in [3.05, 3.63) is 24.3 Å². The number of alkyl carbamates (subject to hydrolysis) is 2.